The van der Waals surface area contributed by atoms with Gasteiger partial charge in [-0.3, -0.25) is 9.59 Å². The van der Waals surface area contributed by atoms with Gasteiger partial charge in [-0.2, -0.15) is 0 Å². The van der Waals surface area contributed by atoms with E-state index in [1.54, 1.807) is 24.3 Å². The van der Waals surface area contributed by atoms with Gasteiger partial charge in [0.25, 0.3) is 0 Å². The van der Waals surface area contributed by atoms with Crippen molar-refractivity contribution in [1.29, 1.82) is 0 Å². The van der Waals surface area contributed by atoms with Crippen LogP contribution in [0.1, 0.15) is 25.7 Å². The lowest BCUT2D eigenvalue weighted by atomic mass is 9.92. The molecule has 1 saturated carbocycles. The second-order valence-electron chi connectivity index (χ2n) is 4.89. The molecule has 2 amide bonds. The van der Waals surface area contributed by atoms with Crippen LogP contribution in [0.15, 0.2) is 24.3 Å². The number of aliphatic hydroxyl groups is 1. The maximum Gasteiger partial charge on any atom is 0.313 e. The molecule has 2 unspecified atom stereocenters. The first-order chi connectivity index (χ1) is 9.56. The first kappa shape index (κ1) is 14.8. The minimum absolute atomic E-state index is 0.341. The summed E-state index contributed by atoms with van der Waals surface area (Å²) in [6.45, 7) is 0. The van der Waals surface area contributed by atoms with Crippen molar-refractivity contribution in [2.45, 2.75) is 37.8 Å². The SMILES string of the molecule is O=C(Nc1ccc(Cl)cc1)C(=O)NC1CCCCC1O. The van der Waals surface area contributed by atoms with Crippen LogP contribution in [0.4, 0.5) is 5.69 Å². The van der Waals surface area contributed by atoms with Crippen LogP contribution in [0.2, 0.25) is 5.02 Å². The molecular formula is C14H17ClN2O3. The Morgan fingerprint density at radius 2 is 1.75 bits per heavy atom. The van der Waals surface area contributed by atoms with Crippen LogP contribution in [0.25, 0.3) is 0 Å². The number of amides is 2. The summed E-state index contributed by atoms with van der Waals surface area (Å²) in [6, 6.07) is 6.14. The number of anilines is 1. The van der Waals surface area contributed by atoms with Crippen LogP contribution in [0.5, 0.6) is 0 Å². The second-order valence-corrected chi connectivity index (χ2v) is 5.33. The number of hydrogen-bond donors (Lipinski definition) is 3. The summed E-state index contributed by atoms with van der Waals surface area (Å²) in [6.07, 6.45) is 2.67. The number of benzene rings is 1. The zero-order valence-electron chi connectivity index (χ0n) is 10.9. The molecule has 108 valence electrons. The van der Waals surface area contributed by atoms with Crippen molar-refractivity contribution in [3.63, 3.8) is 0 Å². The molecule has 20 heavy (non-hydrogen) atoms. The smallest absolute Gasteiger partial charge is 0.313 e. The molecule has 6 heteroatoms. The maximum absolute atomic E-state index is 11.8. The second kappa shape index (κ2) is 6.72. The normalized spacial score (nSPS) is 22.1. The zero-order valence-corrected chi connectivity index (χ0v) is 11.7. The third-order valence-electron chi connectivity index (χ3n) is 3.35. The Labute approximate surface area is 122 Å². The third kappa shape index (κ3) is 3.95. The van der Waals surface area contributed by atoms with E-state index in [2.05, 4.69) is 10.6 Å². The molecule has 1 fully saturated rings. The molecule has 0 aromatic heterocycles. The lowest BCUT2D eigenvalue weighted by Crippen LogP contribution is -2.48. The van der Waals surface area contributed by atoms with E-state index >= 15 is 0 Å². The fourth-order valence-corrected chi connectivity index (χ4v) is 2.36. The van der Waals surface area contributed by atoms with Crippen molar-refractivity contribution in [1.82, 2.24) is 5.32 Å². The highest BCUT2D eigenvalue weighted by atomic mass is 35.5. The number of aliphatic hydroxyl groups excluding tert-OH is 1. The molecule has 3 N–H and O–H groups in total. The molecule has 0 saturated heterocycles. The van der Waals surface area contributed by atoms with E-state index in [0.29, 0.717) is 23.6 Å². The zero-order chi connectivity index (χ0) is 14.5. The van der Waals surface area contributed by atoms with Gasteiger partial charge < -0.3 is 15.7 Å². The number of rotatable bonds is 2. The number of carbonyl (C=O) groups excluding carboxylic acids is 2. The van der Waals surface area contributed by atoms with Crippen LogP contribution in [0.3, 0.4) is 0 Å². The van der Waals surface area contributed by atoms with Crippen molar-refractivity contribution in [3.05, 3.63) is 29.3 Å². The molecule has 2 rings (SSSR count). The molecule has 0 spiro atoms. The number of halogens is 1. The molecule has 0 bridgehead atoms. The number of carbonyl (C=O) groups is 2. The van der Waals surface area contributed by atoms with Gasteiger partial charge in [-0.25, -0.2) is 0 Å². The lowest BCUT2D eigenvalue weighted by molar-refractivity contribution is -0.137. The average molecular weight is 297 g/mol. The summed E-state index contributed by atoms with van der Waals surface area (Å²) in [5.41, 5.74) is 0.499. The number of nitrogens with one attached hydrogen (secondary N) is 2. The topological polar surface area (TPSA) is 78.4 Å². The molecule has 0 heterocycles. The predicted molar refractivity (Wildman–Crippen MR) is 76.5 cm³/mol. The minimum Gasteiger partial charge on any atom is -0.391 e. The van der Waals surface area contributed by atoms with Crippen molar-refractivity contribution >= 4 is 29.1 Å². The summed E-state index contributed by atoms with van der Waals surface area (Å²) in [7, 11) is 0. The molecule has 1 aliphatic rings. The Hall–Kier alpha value is -1.59. The first-order valence-corrected chi connectivity index (χ1v) is 6.99. The summed E-state index contributed by atoms with van der Waals surface area (Å²) in [5, 5.41) is 15.4. The van der Waals surface area contributed by atoms with Crippen LogP contribution in [-0.4, -0.2) is 29.1 Å². The van der Waals surface area contributed by atoms with Crippen molar-refractivity contribution in [2.75, 3.05) is 5.32 Å². The monoisotopic (exact) mass is 296 g/mol. The predicted octanol–water partition coefficient (Wildman–Crippen LogP) is 1.70. The van der Waals surface area contributed by atoms with Gasteiger partial charge in [0.1, 0.15) is 0 Å². The summed E-state index contributed by atoms with van der Waals surface area (Å²) >= 11 is 5.74. The van der Waals surface area contributed by atoms with Crippen LogP contribution in [0, 0.1) is 0 Å². The highest BCUT2D eigenvalue weighted by molar-refractivity contribution is 6.39. The first-order valence-electron chi connectivity index (χ1n) is 6.62. The standard InChI is InChI=1S/C14H17ClN2O3/c15-9-5-7-10(8-6-9)16-13(19)14(20)17-11-3-1-2-4-12(11)18/h5-8,11-12,18H,1-4H2,(H,16,19)(H,17,20). The Morgan fingerprint density at radius 3 is 2.40 bits per heavy atom. The lowest BCUT2D eigenvalue weighted by Gasteiger charge is -2.27. The molecule has 0 radical (unpaired) electrons. The minimum atomic E-state index is -0.745. The molecule has 0 aliphatic heterocycles. The quantitative estimate of drug-likeness (QED) is 0.727. The van der Waals surface area contributed by atoms with E-state index in [1.807, 2.05) is 0 Å². The van der Waals surface area contributed by atoms with E-state index in [9.17, 15) is 14.7 Å². The van der Waals surface area contributed by atoms with Gasteiger partial charge in [-0.1, -0.05) is 24.4 Å². The Balaban J connectivity index is 1.88. The van der Waals surface area contributed by atoms with Gasteiger partial charge in [-0.05, 0) is 37.1 Å². The summed E-state index contributed by atoms with van der Waals surface area (Å²) in [5.74, 6) is -1.48. The van der Waals surface area contributed by atoms with Crippen LogP contribution >= 0.6 is 11.6 Å². The largest absolute Gasteiger partial charge is 0.391 e. The molecule has 1 aliphatic carbocycles. The van der Waals surface area contributed by atoms with E-state index < -0.39 is 17.9 Å². The van der Waals surface area contributed by atoms with Gasteiger partial charge >= 0.3 is 11.8 Å². The van der Waals surface area contributed by atoms with Crippen molar-refractivity contribution in [2.24, 2.45) is 0 Å². The van der Waals surface area contributed by atoms with Gasteiger partial charge in [0.05, 0.1) is 12.1 Å². The summed E-state index contributed by atoms with van der Waals surface area (Å²) in [4.78, 5) is 23.5. The number of hydrogen-bond acceptors (Lipinski definition) is 3. The van der Waals surface area contributed by atoms with Gasteiger partial charge in [0.15, 0.2) is 0 Å². The Kier molecular flexibility index (Phi) is 4.98. The van der Waals surface area contributed by atoms with E-state index in [-0.39, 0.29) is 6.04 Å². The molecule has 1 aromatic rings. The fraction of sp³-hybridized carbons (Fsp3) is 0.429. The molecule has 5 nitrogen and oxygen atoms in total. The summed E-state index contributed by atoms with van der Waals surface area (Å²) < 4.78 is 0. The van der Waals surface area contributed by atoms with Crippen molar-refractivity contribution < 1.29 is 14.7 Å². The fourth-order valence-electron chi connectivity index (χ4n) is 2.23. The van der Waals surface area contributed by atoms with E-state index in [1.165, 1.54) is 0 Å². The van der Waals surface area contributed by atoms with Crippen LogP contribution < -0.4 is 10.6 Å². The van der Waals surface area contributed by atoms with Gasteiger partial charge in [0.2, 0.25) is 0 Å². The van der Waals surface area contributed by atoms with E-state index in [0.717, 1.165) is 12.8 Å². The van der Waals surface area contributed by atoms with Crippen molar-refractivity contribution in [3.8, 4) is 0 Å². The van der Waals surface area contributed by atoms with E-state index in [4.69, 9.17) is 11.6 Å². The van der Waals surface area contributed by atoms with Gasteiger partial charge in [-0.15, -0.1) is 0 Å². The van der Waals surface area contributed by atoms with Crippen LogP contribution in [-0.2, 0) is 9.59 Å². The van der Waals surface area contributed by atoms with Gasteiger partial charge in [0, 0.05) is 10.7 Å². The molecule has 2 atom stereocenters. The molecular weight excluding hydrogens is 280 g/mol. The molecule has 1 aromatic carbocycles. The third-order valence-corrected chi connectivity index (χ3v) is 3.61. The highest BCUT2D eigenvalue weighted by Gasteiger charge is 2.26. The Bertz CT molecular complexity index is 490. The Morgan fingerprint density at radius 1 is 1.10 bits per heavy atom. The average Bonchev–Trinajstić information content (AvgIpc) is 2.44. The highest BCUT2D eigenvalue weighted by Crippen LogP contribution is 2.18. The maximum atomic E-state index is 11.8.